The van der Waals surface area contributed by atoms with Crippen molar-refractivity contribution in [2.75, 3.05) is 0 Å². The quantitative estimate of drug-likeness (QED) is 0.612. The molecule has 0 aliphatic heterocycles. The molecule has 0 atom stereocenters. The van der Waals surface area contributed by atoms with Crippen molar-refractivity contribution < 1.29 is 5.02 Å². The lowest BCUT2D eigenvalue weighted by atomic mass is 9.85. The van der Waals surface area contributed by atoms with Crippen LogP contribution in [-0.4, -0.2) is 12.5 Å². The van der Waals surface area contributed by atoms with Crippen molar-refractivity contribution in [2.45, 2.75) is 0 Å². The van der Waals surface area contributed by atoms with E-state index in [1.54, 1.807) is 11.3 Å². The molecular formula is C12H8BOS. The molecule has 3 heteroatoms. The minimum Gasteiger partial charge on any atom is -0.450 e. The molecule has 3 aromatic rings. The first-order valence-electron chi connectivity index (χ1n) is 4.78. The Morgan fingerprint density at radius 3 is 2.60 bits per heavy atom. The van der Waals surface area contributed by atoms with Crippen LogP contribution in [-0.2, 0) is 0 Å². The molecule has 0 unspecified atom stereocenters. The average molecular weight is 211 g/mol. The highest BCUT2D eigenvalue weighted by Gasteiger charge is 2.08. The highest BCUT2D eigenvalue weighted by atomic mass is 32.1. The molecule has 71 valence electrons. The van der Waals surface area contributed by atoms with E-state index in [0.29, 0.717) is 0 Å². The third-order valence-corrected chi connectivity index (χ3v) is 3.71. The van der Waals surface area contributed by atoms with Crippen LogP contribution in [0.2, 0.25) is 0 Å². The lowest BCUT2D eigenvalue weighted by Gasteiger charge is -1.97. The normalized spacial score (nSPS) is 11.0. The zero-order valence-electron chi connectivity index (χ0n) is 7.97. The van der Waals surface area contributed by atoms with Gasteiger partial charge in [0.05, 0.1) is 0 Å². The van der Waals surface area contributed by atoms with Crippen LogP contribution < -0.4 is 5.46 Å². The number of thiophene rings is 1. The maximum absolute atomic E-state index is 9.19. The van der Waals surface area contributed by atoms with Crippen molar-refractivity contribution in [3.05, 3.63) is 42.5 Å². The summed E-state index contributed by atoms with van der Waals surface area (Å²) in [5.74, 6) is 0. The average Bonchev–Trinajstić information content (AvgIpc) is 2.67. The van der Waals surface area contributed by atoms with E-state index in [2.05, 4.69) is 18.2 Å². The first-order valence-corrected chi connectivity index (χ1v) is 5.59. The van der Waals surface area contributed by atoms with Crippen LogP contribution in [0.25, 0.3) is 20.2 Å². The van der Waals surface area contributed by atoms with Crippen LogP contribution in [0.3, 0.4) is 0 Å². The van der Waals surface area contributed by atoms with Gasteiger partial charge in [0.15, 0.2) is 0 Å². The lowest BCUT2D eigenvalue weighted by molar-refractivity contribution is 0.616. The molecule has 1 N–H and O–H groups in total. The van der Waals surface area contributed by atoms with Crippen LogP contribution >= 0.6 is 11.3 Å². The van der Waals surface area contributed by atoms with Gasteiger partial charge in [-0.25, -0.2) is 0 Å². The van der Waals surface area contributed by atoms with Crippen LogP contribution in [0.5, 0.6) is 0 Å². The Morgan fingerprint density at radius 2 is 1.73 bits per heavy atom. The van der Waals surface area contributed by atoms with Crippen molar-refractivity contribution >= 4 is 44.5 Å². The smallest absolute Gasteiger partial charge is 0.327 e. The van der Waals surface area contributed by atoms with E-state index in [0.717, 1.165) is 10.8 Å². The predicted molar refractivity (Wildman–Crippen MR) is 66.9 cm³/mol. The van der Waals surface area contributed by atoms with Crippen LogP contribution in [0, 0.1) is 0 Å². The van der Waals surface area contributed by atoms with Gasteiger partial charge in [0, 0.05) is 9.40 Å². The first kappa shape index (κ1) is 8.95. The topological polar surface area (TPSA) is 20.2 Å². The predicted octanol–water partition coefficient (Wildman–Crippen LogP) is 2.29. The highest BCUT2D eigenvalue weighted by Crippen LogP contribution is 2.31. The zero-order valence-corrected chi connectivity index (χ0v) is 8.79. The van der Waals surface area contributed by atoms with E-state index in [-0.39, 0.29) is 0 Å². The van der Waals surface area contributed by atoms with Gasteiger partial charge >= 0.3 is 7.48 Å². The maximum Gasteiger partial charge on any atom is 0.327 e. The van der Waals surface area contributed by atoms with Crippen molar-refractivity contribution in [3.8, 4) is 0 Å². The number of fused-ring (bicyclic) bond motifs is 3. The Bertz CT molecular complexity index is 630. The molecule has 0 spiro atoms. The number of rotatable bonds is 1. The fourth-order valence-electron chi connectivity index (χ4n) is 1.91. The van der Waals surface area contributed by atoms with Gasteiger partial charge < -0.3 is 5.02 Å². The van der Waals surface area contributed by atoms with Crippen molar-refractivity contribution in [1.82, 2.24) is 0 Å². The summed E-state index contributed by atoms with van der Waals surface area (Å²) in [5, 5.41) is 11.6. The molecule has 0 aliphatic carbocycles. The molecule has 0 saturated carbocycles. The number of benzene rings is 2. The fourth-order valence-corrected chi connectivity index (χ4v) is 3.05. The van der Waals surface area contributed by atoms with Crippen molar-refractivity contribution in [3.63, 3.8) is 0 Å². The van der Waals surface area contributed by atoms with E-state index in [1.165, 1.54) is 22.3 Å². The number of hydrogen-bond donors (Lipinski definition) is 1. The summed E-state index contributed by atoms with van der Waals surface area (Å²) >= 11 is 1.76. The third kappa shape index (κ3) is 1.28. The molecule has 15 heavy (non-hydrogen) atoms. The maximum atomic E-state index is 9.19. The van der Waals surface area contributed by atoms with Crippen molar-refractivity contribution in [2.24, 2.45) is 0 Å². The lowest BCUT2D eigenvalue weighted by Crippen LogP contribution is -2.13. The molecule has 1 radical (unpaired) electrons. The van der Waals surface area contributed by atoms with E-state index in [9.17, 15) is 5.02 Å². The Hall–Kier alpha value is -1.32. The Balaban J connectivity index is 2.56. The van der Waals surface area contributed by atoms with Gasteiger partial charge in [-0.2, -0.15) is 0 Å². The van der Waals surface area contributed by atoms with Gasteiger partial charge in [0.25, 0.3) is 0 Å². The molecule has 0 aliphatic rings. The molecule has 0 bridgehead atoms. The molecule has 1 nitrogen and oxygen atoms in total. The minimum atomic E-state index is 0.893. The summed E-state index contributed by atoms with van der Waals surface area (Å²) in [6.07, 6.45) is 0. The first-order chi connectivity index (χ1) is 7.40. The fraction of sp³-hybridized carbons (Fsp3) is 0. The second kappa shape index (κ2) is 3.37. The van der Waals surface area contributed by atoms with E-state index in [4.69, 9.17) is 0 Å². The molecule has 3 rings (SSSR count). The standard InChI is InChI=1S/C12H8BOS/c14-13-9-5-3-7-11-12(9)8-4-1-2-6-10(8)15-11/h1-7,14H. The molecule has 2 aromatic carbocycles. The summed E-state index contributed by atoms with van der Waals surface area (Å²) in [4.78, 5) is 0. The van der Waals surface area contributed by atoms with Gasteiger partial charge in [-0.1, -0.05) is 30.3 Å². The van der Waals surface area contributed by atoms with Gasteiger partial charge in [-0.15, -0.1) is 11.3 Å². The number of hydrogen-bond acceptors (Lipinski definition) is 2. The van der Waals surface area contributed by atoms with Crippen LogP contribution in [0.1, 0.15) is 0 Å². The molecular weight excluding hydrogens is 203 g/mol. The second-order valence-corrected chi connectivity index (χ2v) is 4.53. The van der Waals surface area contributed by atoms with E-state index >= 15 is 0 Å². The second-order valence-electron chi connectivity index (χ2n) is 3.45. The molecule has 1 aromatic heterocycles. The third-order valence-electron chi connectivity index (χ3n) is 2.57. The Labute approximate surface area is 92.3 Å². The SMILES string of the molecule is O[B]c1cccc2sc3ccccc3c12. The van der Waals surface area contributed by atoms with Crippen LogP contribution in [0.4, 0.5) is 0 Å². The van der Waals surface area contributed by atoms with E-state index in [1.807, 2.05) is 24.3 Å². The Kier molecular flexibility index (Phi) is 2.01. The summed E-state index contributed by atoms with van der Waals surface area (Å²) in [7, 11) is 1.18. The zero-order chi connectivity index (χ0) is 10.3. The molecule has 1 heterocycles. The summed E-state index contributed by atoms with van der Waals surface area (Å²) in [6, 6.07) is 14.3. The monoisotopic (exact) mass is 211 g/mol. The van der Waals surface area contributed by atoms with Gasteiger partial charge in [-0.3, -0.25) is 0 Å². The van der Waals surface area contributed by atoms with Crippen LogP contribution in [0.15, 0.2) is 42.5 Å². The van der Waals surface area contributed by atoms with Gasteiger partial charge in [-0.05, 0) is 28.4 Å². The summed E-state index contributed by atoms with van der Waals surface area (Å²) < 4.78 is 2.49. The van der Waals surface area contributed by atoms with E-state index < -0.39 is 0 Å². The minimum absolute atomic E-state index is 0.893. The Morgan fingerprint density at radius 1 is 0.933 bits per heavy atom. The highest BCUT2D eigenvalue weighted by molar-refractivity contribution is 7.26. The molecule has 0 saturated heterocycles. The molecule has 0 fully saturated rings. The summed E-state index contributed by atoms with van der Waals surface area (Å²) in [6.45, 7) is 0. The van der Waals surface area contributed by atoms with Crippen molar-refractivity contribution in [1.29, 1.82) is 0 Å². The largest absolute Gasteiger partial charge is 0.450 e. The van der Waals surface area contributed by atoms with Gasteiger partial charge in [0.1, 0.15) is 0 Å². The van der Waals surface area contributed by atoms with Gasteiger partial charge in [0.2, 0.25) is 0 Å². The molecule has 0 amide bonds. The summed E-state index contributed by atoms with van der Waals surface area (Å²) in [5.41, 5.74) is 0.893.